The molecule has 192 valence electrons. The van der Waals surface area contributed by atoms with Crippen molar-refractivity contribution in [3.63, 3.8) is 0 Å². The van der Waals surface area contributed by atoms with E-state index in [1.54, 1.807) is 35.0 Å². The van der Waals surface area contributed by atoms with E-state index in [1.807, 2.05) is 25.1 Å². The van der Waals surface area contributed by atoms with Crippen LogP contribution in [-0.2, 0) is 10.2 Å². The van der Waals surface area contributed by atoms with Gasteiger partial charge in [0.1, 0.15) is 23.9 Å². The number of rotatable bonds is 9. The molecule has 3 rings (SSSR count). The van der Waals surface area contributed by atoms with Gasteiger partial charge in [0.25, 0.3) is 5.91 Å². The highest BCUT2D eigenvalue weighted by Crippen LogP contribution is 2.27. The average molecular weight is 513 g/mol. The van der Waals surface area contributed by atoms with E-state index in [0.717, 1.165) is 11.4 Å². The van der Waals surface area contributed by atoms with Crippen LogP contribution >= 0.6 is 11.6 Å². The first-order valence-corrected chi connectivity index (χ1v) is 12.1. The van der Waals surface area contributed by atoms with Crippen molar-refractivity contribution in [2.45, 2.75) is 39.5 Å². The Balaban J connectivity index is 1.87. The van der Waals surface area contributed by atoms with Crippen LogP contribution in [0, 0.1) is 0 Å². The smallest absolute Gasteiger partial charge is 0.254 e. The summed E-state index contributed by atoms with van der Waals surface area (Å²) >= 11 is 6.05. The molecule has 1 N–H and O–H groups in total. The van der Waals surface area contributed by atoms with E-state index >= 15 is 0 Å². The molecule has 1 heterocycles. The van der Waals surface area contributed by atoms with Crippen molar-refractivity contribution < 1.29 is 19.1 Å². The molecule has 0 unspecified atom stereocenters. The van der Waals surface area contributed by atoms with Gasteiger partial charge < -0.3 is 19.7 Å². The van der Waals surface area contributed by atoms with Crippen molar-refractivity contribution >= 4 is 29.2 Å². The van der Waals surface area contributed by atoms with Crippen LogP contribution in [0.5, 0.6) is 11.5 Å². The number of hydrogen-bond donors (Lipinski definition) is 1. The Morgan fingerprint density at radius 1 is 1.03 bits per heavy atom. The zero-order valence-corrected chi connectivity index (χ0v) is 22.3. The highest BCUT2D eigenvalue weighted by atomic mass is 35.5. The maximum Gasteiger partial charge on any atom is 0.254 e. The van der Waals surface area contributed by atoms with Crippen LogP contribution in [0.4, 0.5) is 5.82 Å². The SMILES string of the molecule is CCCN(CC(=O)Nc1cc(C(C)(C)C)nn1-c1ccc(Cl)cc1)C(=O)c1cc(OC)cc(OC)c1. The fourth-order valence-electron chi connectivity index (χ4n) is 3.61. The third kappa shape index (κ3) is 6.57. The van der Waals surface area contributed by atoms with Gasteiger partial charge in [-0.25, -0.2) is 4.68 Å². The summed E-state index contributed by atoms with van der Waals surface area (Å²) in [5, 5.41) is 8.27. The number of anilines is 1. The lowest BCUT2D eigenvalue weighted by Crippen LogP contribution is -2.38. The summed E-state index contributed by atoms with van der Waals surface area (Å²) in [5.74, 6) is 0.896. The molecule has 0 saturated carbocycles. The van der Waals surface area contributed by atoms with E-state index in [2.05, 4.69) is 26.1 Å². The number of methoxy groups -OCH3 is 2. The lowest BCUT2D eigenvalue weighted by molar-refractivity contribution is -0.116. The van der Waals surface area contributed by atoms with Crippen LogP contribution in [0.2, 0.25) is 5.02 Å². The van der Waals surface area contributed by atoms with Crippen molar-refractivity contribution in [1.29, 1.82) is 0 Å². The Labute approximate surface area is 217 Å². The predicted molar refractivity (Wildman–Crippen MR) is 142 cm³/mol. The molecule has 1 aromatic heterocycles. The molecule has 0 aliphatic heterocycles. The quantitative estimate of drug-likeness (QED) is 0.418. The first-order chi connectivity index (χ1) is 17.0. The summed E-state index contributed by atoms with van der Waals surface area (Å²) < 4.78 is 12.3. The number of hydrogen-bond acceptors (Lipinski definition) is 5. The third-order valence-electron chi connectivity index (χ3n) is 5.53. The van der Waals surface area contributed by atoms with Crippen LogP contribution < -0.4 is 14.8 Å². The lowest BCUT2D eigenvalue weighted by Gasteiger charge is -2.22. The summed E-state index contributed by atoms with van der Waals surface area (Å²) in [5.41, 5.74) is 1.73. The number of halogens is 1. The van der Waals surface area contributed by atoms with Crippen LogP contribution in [0.1, 0.15) is 50.2 Å². The van der Waals surface area contributed by atoms with Gasteiger partial charge in [0.2, 0.25) is 5.91 Å². The molecule has 8 nitrogen and oxygen atoms in total. The lowest BCUT2D eigenvalue weighted by atomic mass is 9.92. The van der Waals surface area contributed by atoms with Crippen LogP contribution in [0.3, 0.4) is 0 Å². The molecule has 0 radical (unpaired) electrons. The standard InChI is InChI=1S/C27H33ClN4O4/c1-7-12-31(26(34)18-13-21(35-5)15-22(14-18)36-6)17-25(33)29-24-16-23(27(2,3)4)30-32(24)20-10-8-19(28)9-11-20/h8-11,13-16H,7,12,17H2,1-6H3,(H,29,33). The number of ether oxygens (including phenoxy) is 2. The number of carbonyl (C=O) groups excluding carboxylic acids is 2. The zero-order valence-electron chi connectivity index (χ0n) is 21.6. The molecule has 3 aromatic rings. The summed E-state index contributed by atoms with van der Waals surface area (Å²) in [7, 11) is 3.05. The minimum absolute atomic E-state index is 0.122. The first-order valence-electron chi connectivity index (χ1n) is 11.7. The van der Waals surface area contributed by atoms with Gasteiger partial charge in [0.05, 0.1) is 25.6 Å². The molecule has 0 bridgehead atoms. The Morgan fingerprint density at radius 3 is 2.17 bits per heavy atom. The van der Waals surface area contributed by atoms with Crippen LogP contribution in [0.25, 0.3) is 5.69 Å². The second-order valence-electron chi connectivity index (χ2n) is 9.43. The molecule has 0 aliphatic rings. The Kier molecular flexibility index (Phi) is 8.63. The van der Waals surface area contributed by atoms with Crippen LogP contribution in [-0.4, -0.2) is 53.8 Å². The van der Waals surface area contributed by atoms with Crippen molar-refractivity contribution in [3.05, 3.63) is 64.8 Å². The molecule has 0 fully saturated rings. The molecule has 2 amide bonds. The number of carbonyl (C=O) groups is 2. The maximum atomic E-state index is 13.3. The Morgan fingerprint density at radius 2 is 1.64 bits per heavy atom. The monoisotopic (exact) mass is 512 g/mol. The summed E-state index contributed by atoms with van der Waals surface area (Å²) in [4.78, 5) is 28.0. The molecule has 0 saturated heterocycles. The van der Waals surface area contributed by atoms with Gasteiger partial charge in [-0.2, -0.15) is 5.10 Å². The van der Waals surface area contributed by atoms with E-state index in [1.165, 1.54) is 19.1 Å². The van der Waals surface area contributed by atoms with E-state index in [0.29, 0.717) is 40.9 Å². The fraction of sp³-hybridized carbons (Fsp3) is 0.370. The molecule has 0 spiro atoms. The van der Waals surface area contributed by atoms with Gasteiger partial charge in [-0.15, -0.1) is 0 Å². The topological polar surface area (TPSA) is 85.7 Å². The number of nitrogens with one attached hydrogen (secondary N) is 1. The molecular weight excluding hydrogens is 480 g/mol. The number of nitrogens with zero attached hydrogens (tertiary/aromatic N) is 3. The van der Waals surface area contributed by atoms with E-state index in [9.17, 15) is 9.59 Å². The summed E-state index contributed by atoms with van der Waals surface area (Å²) in [6.07, 6.45) is 0.691. The maximum absolute atomic E-state index is 13.3. The summed E-state index contributed by atoms with van der Waals surface area (Å²) in [6.45, 7) is 8.40. The average Bonchev–Trinajstić information content (AvgIpc) is 3.27. The number of amides is 2. The van der Waals surface area contributed by atoms with Crippen molar-refractivity contribution in [2.75, 3.05) is 32.6 Å². The molecule has 2 aromatic carbocycles. The zero-order chi connectivity index (χ0) is 26.5. The van der Waals surface area contributed by atoms with E-state index in [-0.39, 0.29) is 23.8 Å². The second-order valence-corrected chi connectivity index (χ2v) is 9.87. The molecule has 36 heavy (non-hydrogen) atoms. The normalized spacial score (nSPS) is 11.2. The van der Waals surface area contributed by atoms with Crippen LogP contribution in [0.15, 0.2) is 48.5 Å². The van der Waals surface area contributed by atoms with Gasteiger partial charge in [-0.1, -0.05) is 39.3 Å². The van der Waals surface area contributed by atoms with E-state index in [4.69, 9.17) is 26.2 Å². The second kappa shape index (κ2) is 11.5. The largest absolute Gasteiger partial charge is 0.497 e. The van der Waals surface area contributed by atoms with Crippen molar-refractivity contribution in [1.82, 2.24) is 14.7 Å². The van der Waals surface area contributed by atoms with Gasteiger partial charge in [-0.3, -0.25) is 9.59 Å². The number of aromatic nitrogens is 2. The Hall–Kier alpha value is -3.52. The van der Waals surface area contributed by atoms with Gasteiger partial charge in [-0.05, 0) is 42.8 Å². The minimum atomic E-state index is -0.331. The highest BCUT2D eigenvalue weighted by molar-refractivity contribution is 6.30. The minimum Gasteiger partial charge on any atom is -0.497 e. The van der Waals surface area contributed by atoms with Gasteiger partial charge in [0, 0.05) is 34.7 Å². The third-order valence-corrected chi connectivity index (χ3v) is 5.78. The number of benzene rings is 2. The molecular formula is C27H33ClN4O4. The summed E-state index contributed by atoms with van der Waals surface area (Å²) in [6, 6.07) is 14.0. The van der Waals surface area contributed by atoms with Gasteiger partial charge in [0.15, 0.2) is 0 Å². The van der Waals surface area contributed by atoms with Crippen molar-refractivity contribution in [2.24, 2.45) is 0 Å². The van der Waals surface area contributed by atoms with Gasteiger partial charge >= 0.3 is 0 Å². The molecule has 0 aliphatic carbocycles. The van der Waals surface area contributed by atoms with Crippen molar-refractivity contribution in [3.8, 4) is 17.2 Å². The fourth-order valence-corrected chi connectivity index (χ4v) is 3.73. The Bertz CT molecular complexity index is 1190. The molecule has 9 heteroatoms. The molecule has 0 atom stereocenters. The van der Waals surface area contributed by atoms with E-state index < -0.39 is 0 Å². The predicted octanol–water partition coefficient (Wildman–Crippen LogP) is 5.33. The highest BCUT2D eigenvalue weighted by Gasteiger charge is 2.24. The first kappa shape index (κ1) is 27.1.